The molecule has 0 aromatic carbocycles. The monoisotopic (exact) mass is 247 g/mol. The number of aryl methyl sites for hydroxylation is 1. The Morgan fingerprint density at radius 2 is 2.56 bits per heavy atom. The highest BCUT2D eigenvalue weighted by atomic mass is 16.5. The van der Waals surface area contributed by atoms with Crippen molar-refractivity contribution in [3.8, 4) is 6.07 Å². The highest BCUT2D eigenvalue weighted by molar-refractivity contribution is 5.22. The number of nitrogens with zero attached hydrogens (tertiary/aromatic N) is 3. The third-order valence-electron chi connectivity index (χ3n) is 4.27. The predicted octanol–water partition coefficient (Wildman–Crippen LogP) is 1.40. The molecule has 2 aliphatic rings. The average Bonchev–Trinajstić information content (AvgIpc) is 3.11. The standard InChI is InChI=1S/C13H17N3O2/c1-2-16-10(5-6-15-16)12(17)13(8-14)7-9-3-4-11(13)18-9/h5-6,9,11-12,17H,2-4,7H2,1H3. The number of aliphatic hydroxyl groups is 1. The third-order valence-corrected chi connectivity index (χ3v) is 4.27. The van der Waals surface area contributed by atoms with Gasteiger partial charge in [-0.15, -0.1) is 0 Å². The van der Waals surface area contributed by atoms with Gasteiger partial charge < -0.3 is 9.84 Å². The molecule has 5 nitrogen and oxygen atoms in total. The number of aliphatic hydroxyl groups excluding tert-OH is 1. The molecule has 3 heterocycles. The highest BCUT2D eigenvalue weighted by Gasteiger charge is 2.57. The number of nitriles is 1. The van der Waals surface area contributed by atoms with E-state index in [1.807, 2.05) is 6.92 Å². The average molecular weight is 247 g/mol. The van der Waals surface area contributed by atoms with Gasteiger partial charge in [-0.25, -0.2) is 0 Å². The van der Waals surface area contributed by atoms with Gasteiger partial charge in [-0.2, -0.15) is 10.4 Å². The van der Waals surface area contributed by atoms with Gasteiger partial charge in [-0.05, 0) is 32.3 Å². The molecular formula is C13H17N3O2. The van der Waals surface area contributed by atoms with Crippen LogP contribution < -0.4 is 0 Å². The molecule has 0 spiro atoms. The fourth-order valence-electron chi connectivity index (χ4n) is 3.31. The number of aromatic nitrogens is 2. The van der Waals surface area contributed by atoms with Gasteiger partial charge in [0.2, 0.25) is 0 Å². The van der Waals surface area contributed by atoms with Crippen molar-refractivity contribution in [3.63, 3.8) is 0 Å². The molecule has 0 saturated carbocycles. The smallest absolute Gasteiger partial charge is 0.117 e. The van der Waals surface area contributed by atoms with E-state index in [0.29, 0.717) is 13.0 Å². The molecule has 96 valence electrons. The minimum Gasteiger partial charge on any atom is -0.385 e. The van der Waals surface area contributed by atoms with Crippen LogP contribution >= 0.6 is 0 Å². The van der Waals surface area contributed by atoms with Crippen molar-refractivity contribution in [1.82, 2.24) is 9.78 Å². The van der Waals surface area contributed by atoms with Crippen LogP contribution in [-0.2, 0) is 11.3 Å². The van der Waals surface area contributed by atoms with Crippen molar-refractivity contribution in [3.05, 3.63) is 18.0 Å². The van der Waals surface area contributed by atoms with Crippen LogP contribution in [0.5, 0.6) is 0 Å². The summed E-state index contributed by atoms with van der Waals surface area (Å²) in [5.74, 6) is 0. The molecule has 1 aromatic heterocycles. The molecule has 18 heavy (non-hydrogen) atoms. The van der Waals surface area contributed by atoms with E-state index >= 15 is 0 Å². The van der Waals surface area contributed by atoms with E-state index in [0.717, 1.165) is 18.5 Å². The Labute approximate surface area is 106 Å². The molecule has 5 heteroatoms. The van der Waals surface area contributed by atoms with Crippen LogP contribution in [0.2, 0.25) is 0 Å². The number of hydrogen-bond acceptors (Lipinski definition) is 4. The van der Waals surface area contributed by atoms with Crippen molar-refractivity contribution in [2.75, 3.05) is 0 Å². The largest absolute Gasteiger partial charge is 0.385 e. The van der Waals surface area contributed by atoms with Crippen LogP contribution in [0, 0.1) is 16.7 Å². The Morgan fingerprint density at radius 3 is 3.11 bits per heavy atom. The Hall–Kier alpha value is -1.38. The molecule has 2 saturated heterocycles. The van der Waals surface area contributed by atoms with Crippen molar-refractivity contribution in [2.45, 2.75) is 51.0 Å². The van der Waals surface area contributed by atoms with Crippen LogP contribution in [0.15, 0.2) is 12.3 Å². The third kappa shape index (κ3) is 1.43. The zero-order valence-electron chi connectivity index (χ0n) is 10.4. The second-order valence-electron chi connectivity index (χ2n) is 5.15. The lowest BCUT2D eigenvalue weighted by Gasteiger charge is -2.33. The first-order chi connectivity index (χ1) is 8.71. The van der Waals surface area contributed by atoms with Crippen molar-refractivity contribution >= 4 is 0 Å². The van der Waals surface area contributed by atoms with Gasteiger partial charge in [-0.3, -0.25) is 4.68 Å². The van der Waals surface area contributed by atoms with Crippen molar-refractivity contribution in [1.29, 1.82) is 5.26 Å². The summed E-state index contributed by atoms with van der Waals surface area (Å²) >= 11 is 0. The minimum atomic E-state index is -0.819. The number of ether oxygens (including phenoxy) is 1. The molecule has 4 atom stereocenters. The number of rotatable bonds is 3. The zero-order valence-corrected chi connectivity index (χ0v) is 10.4. The number of fused-ring (bicyclic) bond motifs is 2. The second-order valence-corrected chi connectivity index (χ2v) is 5.15. The molecule has 4 unspecified atom stereocenters. The molecule has 0 aliphatic carbocycles. The minimum absolute atomic E-state index is 0.136. The predicted molar refractivity (Wildman–Crippen MR) is 63.4 cm³/mol. The van der Waals surface area contributed by atoms with Gasteiger partial charge in [0.15, 0.2) is 0 Å². The van der Waals surface area contributed by atoms with E-state index in [1.54, 1.807) is 16.9 Å². The van der Waals surface area contributed by atoms with Gasteiger partial charge in [0.1, 0.15) is 11.5 Å². The van der Waals surface area contributed by atoms with Gasteiger partial charge in [-0.1, -0.05) is 0 Å². The highest BCUT2D eigenvalue weighted by Crippen LogP contribution is 2.53. The van der Waals surface area contributed by atoms with Gasteiger partial charge in [0, 0.05) is 12.7 Å². The van der Waals surface area contributed by atoms with E-state index in [2.05, 4.69) is 11.2 Å². The second kappa shape index (κ2) is 4.08. The lowest BCUT2D eigenvalue weighted by molar-refractivity contribution is -0.00101. The normalized spacial score (nSPS) is 35.6. The molecule has 0 amide bonds. The summed E-state index contributed by atoms with van der Waals surface area (Å²) in [6.07, 6.45) is 3.36. The van der Waals surface area contributed by atoms with E-state index in [-0.39, 0.29) is 12.2 Å². The fraction of sp³-hybridized carbons (Fsp3) is 0.692. The van der Waals surface area contributed by atoms with Crippen LogP contribution in [0.4, 0.5) is 0 Å². The Balaban J connectivity index is 1.96. The van der Waals surface area contributed by atoms with E-state index in [9.17, 15) is 10.4 Å². The van der Waals surface area contributed by atoms with Crippen LogP contribution in [0.25, 0.3) is 0 Å². The van der Waals surface area contributed by atoms with E-state index in [1.165, 1.54) is 0 Å². The maximum atomic E-state index is 10.6. The first-order valence-electron chi connectivity index (χ1n) is 6.47. The van der Waals surface area contributed by atoms with E-state index < -0.39 is 11.5 Å². The molecule has 2 fully saturated rings. The molecule has 2 bridgehead atoms. The topological polar surface area (TPSA) is 71.1 Å². The van der Waals surface area contributed by atoms with E-state index in [4.69, 9.17) is 4.74 Å². The summed E-state index contributed by atoms with van der Waals surface area (Å²) in [7, 11) is 0. The van der Waals surface area contributed by atoms with Gasteiger partial charge >= 0.3 is 0 Å². The molecule has 2 aliphatic heterocycles. The lowest BCUT2D eigenvalue weighted by atomic mass is 9.70. The molecule has 0 radical (unpaired) electrons. The van der Waals surface area contributed by atoms with Gasteiger partial charge in [0.05, 0.1) is 24.0 Å². The molecular weight excluding hydrogens is 230 g/mol. The Bertz CT molecular complexity index is 493. The summed E-state index contributed by atoms with van der Waals surface area (Å²) in [6, 6.07) is 4.12. The van der Waals surface area contributed by atoms with Crippen LogP contribution in [-0.4, -0.2) is 27.1 Å². The van der Waals surface area contributed by atoms with Gasteiger partial charge in [0.25, 0.3) is 0 Å². The summed E-state index contributed by atoms with van der Waals surface area (Å²) in [5.41, 5.74) is -0.0780. The quantitative estimate of drug-likeness (QED) is 0.876. The van der Waals surface area contributed by atoms with Crippen LogP contribution in [0.1, 0.15) is 38.0 Å². The SMILES string of the molecule is CCn1nccc1C(O)C1(C#N)CC2CCC1O2. The molecule has 1 N–H and O–H groups in total. The molecule has 1 aromatic rings. The summed E-state index contributed by atoms with van der Waals surface area (Å²) in [5, 5.41) is 24.3. The van der Waals surface area contributed by atoms with Crippen molar-refractivity contribution < 1.29 is 9.84 Å². The Kier molecular flexibility index (Phi) is 2.65. The number of hydrogen-bond donors (Lipinski definition) is 1. The zero-order chi connectivity index (χ0) is 12.8. The maximum absolute atomic E-state index is 10.6. The first-order valence-corrected chi connectivity index (χ1v) is 6.47. The lowest BCUT2D eigenvalue weighted by Crippen LogP contribution is -2.38. The van der Waals surface area contributed by atoms with Crippen LogP contribution in [0.3, 0.4) is 0 Å². The Morgan fingerprint density at radius 1 is 1.72 bits per heavy atom. The van der Waals surface area contributed by atoms with Crippen molar-refractivity contribution in [2.24, 2.45) is 5.41 Å². The first kappa shape index (κ1) is 11.7. The fourth-order valence-corrected chi connectivity index (χ4v) is 3.31. The summed E-state index contributed by atoms with van der Waals surface area (Å²) in [4.78, 5) is 0. The summed E-state index contributed by atoms with van der Waals surface area (Å²) in [6.45, 7) is 2.66. The maximum Gasteiger partial charge on any atom is 0.117 e. The summed E-state index contributed by atoms with van der Waals surface area (Å²) < 4.78 is 7.51. The molecule has 3 rings (SSSR count).